The van der Waals surface area contributed by atoms with Gasteiger partial charge in [-0.2, -0.15) is 0 Å². The summed E-state index contributed by atoms with van der Waals surface area (Å²) >= 11 is 0. The molecule has 182 valence electrons. The Balaban J connectivity index is 1.90. The molecule has 34 heavy (non-hydrogen) atoms. The van der Waals surface area contributed by atoms with Gasteiger partial charge in [-0.25, -0.2) is 4.39 Å². The zero-order valence-electron chi connectivity index (χ0n) is 19.1. The van der Waals surface area contributed by atoms with Gasteiger partial charge in [0, 0.05) is 17.7 Å². The van der Waals surface area contributed by atoms with Crippen LogP contribution in [0.15, 0.2) is 24.3 Å². The van der Waals surface area contributed by atoms with Gasteiger partial charge >= 0.3 is 5.69 Å². The Morgan fingerprint density at radius 3 is 2.26 bits per heavy atom. The second-order valence-electron chi connectivity index (χ2n) is 7.77. The number of nitrogens with zero attached hydrogens (tertiary/aromatic N) is 1. The van der Waals surface area contributed by atoms with Crippen LogP contribution in [0, 0.1) is 21.8 Å². The van der Waals surface area contributed by atoms with Gasteiger partial charge in [0.05, 0.1) is 31.9 Å². The van der Waals surface area contributed by atoms with Crippen LogP contribution in [0.25, 0.3) is 0 Å². The molecule has 1 aliphatic carbocycles. The summed E-state index contributed by atoms with van der Waals surface area (Å²) in [6.07, 6.45) is 4.46. The van der Waals surface area contributed by atoms with Crippen LogP contribution in [0.2, 0.25) is 0 Å². The first kappa shape index (κ1) is 24.7. The average molecular weight is 475 g/mol. The van der Waals surface area contributed by atoms with Gasteiger partial charge < -0.3 is 24.8 Å². The van der Waals surface area contributed by atoms with Gasteiger partial charge in [0.25, 0.3) is 5.91 Å². The fraction of sp³-hybridized carbons (Fsp3) is 0.391. The third-order valence-corrected chi connectivity index (χ3v) is 5.69. The highest BCUT2D eigenvalue weighted by Crippen LogP contribution is 2.46. The highest BCUT2D eigenvalue weighted by Gasteiger charge is 2.32. The molecule has 0 spiro atoms. The number of nitro benzene ring substituents is 1. The molecule has 0 unspecified atom stereocenters. The molecule has 0 aromatic heterocycles. The van der Waals surface area contributed by atoms with E-state index in [2.05, 4.69) is 10.6 Å². The molecule has 2 N–H and O–H groups in total. The molecule has 0 radical (unpaired) electrons. The summed E-state index contributed by atoms with van der Waals surface area (Å²) in [5.41, 5.74) is -0.927. The highest BCUT2D eigenvalue weighted by molar-refractivity contribution is 6.09. The van der Waals surface area contributed by atoms with Crippen LogP contribution in [-0.4, -0.2) is 38.1 Å². The monoisotopic (exact) mass is 475 g/mol. The number of rotatable bonds is 8. The van der Waals surface area contributed by atoms with Crippen molar-refractivity contribution in [3.05, 3.63) is 45.8 Å². The standard InChI is InChI=1S/C23H26FN3O7/c1-32-18-12-15(19(27(30)31)21(34-3)20(18)33-2)23(29)25-14-9-10-16(24)17(11-14)26-22(28)13-7-5-4-6-8-13/h9-13H,4-8H2,1-3H3,(H,25,29)(H,26,28). The number of amides is 2. The predicted octanol–water partition coefficient (Wildman–Crippen LogP) is 4.53. The minimum absolute atomic E-state index is 0.0391. The number of carbonyl (C=O) groups is 2. The first-order valence-electron chi connectivity index (χ1n) is 10.7. The number of carbonyl (C=O) groups excluding carboxylic acids is 2. The van der Waals surface area contributed by atoms with E-state index in [0.29, 0.717) is 0 Å². The minimum Gasteiger partial charge on any atom is -0.493 e. The molecule has 2 aromatic carbocycles. The molecule has 0 bridgehead atoms. The number of ether oxygens (including phenoxy) is 3. The van der Waals surface area contributed by atoms with E-state index in [1.165, 1.54) is 33.5 Å². The van der Waals surface area contributed by atoms with E-state index in [-0.39, 0.29) is 46.0 Å². The lowest BCUT2D eigenvalue weighted by Gasteiger charge is -2.21. The van der Waals surface area contributed by atoms with Crippen molar-refractivity contribution in [2.45, 2.75) is 32.1 Å². The van der Waals surface area contributed by atoms with Crippen molar-refractivity contribution in [2.75, 3.05) is 32.0 Å². The predicted molar refractivity (Wildman–Crippen MR) is 122 cm³/mol. The van der Waals surface area contributed by atoms with Crippen LogP contribution in [0.3, 0.4) is 0 Å². The number of hydrogen-bond donors (Lipinski definition) is 2. The van der Waals surface area contributed by atoms with E-state index in [4.69, 9.17) is 14.2 Å². The number of nitrogens with one attached hydrogen (secondary N) is 2. The molecule has 1 saturated carbocycles. The summed E-state index contributed by atoms with van der Waals surface area (Å²) in [7, 11) is 3.80. The van der Waals surface area contributed by atoms with Crippen LogP contribution < -0.4 is 24.8 Å². The largest absolute Gasteiger partial charge is 0.493 e. The summed E-state index contributed by atoms with van der Waals surface area (Å²) in [4.78, 5) is 36.5. The summed E-state index contributed by atoms with van der Waals surface area (Å²) < 4.78 is 29.8. The van der Waals surface area contributed by atoms with Crippen LogP contribution in [-0.2, 0) is 4.79 Å². The van der Waals surface area contributed by atoms with E-state index in [1.54, 1.807) is 0 Å². The summed E-state index contributed by atoms with van der Waals surface area (Å²) in [6.45, 7) is 0. The van der Waals surface area contributed by atoms with Crippen LogP contribution in [0.4, 0.5) is 21.5 Å². The van der Waals surface area contributed by atoms with Gasteiger partial charge in [-0.15, -0.1) is 0 Å². The van der Waals surface area contributed by atoms with Crippen molar-refractivity contribution in [1.29, 1.82) is 0 Å². The normalized spacial score (nSPS) is 13.6. The topological polar surface area (TPSA) is 129 Å². The molecule has 1 aliphatic rings. The van der Waals surface area contributed by atoms with Crippen molar-refractivity contribution >= 4 is 28.9 Å². The lowest BCUT2D eigenvalue weighted by Crippen LogP contribution is -2.25. The Bertz CT molecular complexity index is 1100. The first-order valence-corrected chi connectivity index (χ1v) is 10.7. The number of benzene rings is 2. The van der Waals surface area contributed by atoms with Gasteiger partial charge in [0.2, 0.25) is 17.4 Å². The van der Waals surface area contributed by atoms with E-state index in [0.717, 1.165) is 44.2 Å². The van der Waals surface area contributed by atoms with Crippen LogP contribution >= 0.6 is 0 Å². The van der Waals surface area contributed by atoms with E-state index >= 15 is 0 Å². The SMILES string of the molecule is COc1cc(C(=O)Nc2ccc(F)c(NC(=O)C3CCCCC3)c2)c([N+](=O)[O-])c(OC)c1OC. The zero-order valence-corrected chi connectivity index (χ0v) is 19.1. The van der Waals surface area contributed by atoms with Crippen molar-refractivity contribution in [3.63, 3.8) is 0 Å². The highest BCUT2D eigenvalue weighted by atomic mass is 19.1. The molecule has 2 aromatic rings. The van der Waals surface area contributed by atoms with Crippen LogP contribution in [0.5, 0.6) is 17.2 Å². The third kappa shape index (κ3) is 5.19. The summed E-state index contributed by atoms with van der Waals surface area (Å²) in [5.74, 6) is -2.26. The van der Waals surface area contributed by atoms with Gasteiger partial charge in [0.1, 0.15) is 11.4 Å². The maximum Gasteiger partial charge on any atom is 0.327 e. The fourth-order valence-corrected chi connectivity index (χ4v) is 3.99. The quantitative estimate of drug-likeness (QED) is 0.424. The van der Waals surface area contributed by atoms with Gasteiger partial charge in [-0.3, -0.25) is 19.7 Å². The lowest BCUT2D eigenvalue weighted by atomic mass is 9.88. The van der Waals surface area contributed by atoms with E-state index in [1.807, 2.05) is 0 Å². The number of hydrogen-bond acceptors (Lipinski definition) is 7. The Morgan fingerprint density at radius 1 is 1.00 bits per heavy atom. The maximum absolute atomic E-state index is 14.3. The second kappa shape index (κ2) is 10.8. The van der Waals surface area contributed by atoms with Crippen molar-refractivity contribution in [2.24, 2.45) is 5.92 Å². The maximum atomic E-state index is 14.3. The number of halogens is 1. The van der Waals surface area contributed by atoms with Crippen molar-refractivity contribution < 1.29 is 33.1 Å². The van der Waals surface area contributed by atoms with Crippen molar-refractivity contribution in [3.8, 4) is 17.2 Å². The lowest BCUT2D eigenvalue weighted by molar-refractivity contribution is -0.386. The molecule has 0 aliphatic heterocycles. The molecule has 0 heterocycles. The number of methoxy groups -OCH3 is 3. The summed E-state index contributed by atoms with van der Waals surface area (Å²) in [5, 5.41) is 16.8. The number of anilines is 2. The number of nitro groups is 1. The minimum atomic E-state index is -0.859. The second-order valence-corrected chi connectivity index (χ2v) is 7.77. The molecule has 11 heteroatoms. The molecule has 0 atom stereocenters. The molecule has 3 rings (SSSR count). The van der Waals surface area contributed by atoms with Gasteiger partial charge in [-0.1, -0.05) is 19.3 Å². The average Bonchev–Trinajstić information content (AvgIpc) is 2.84. The Labute approximate surface area is 195 Å². The van der Waals surface area contributed by atoms with Crippen molar-refractivity contribution in [1.82, 2.24) is 0 Å². The Hall–Kier alpha value is -3.89. The molecule has 2 amide bonds. The summed E-state index contributed by atoms with van der Waals surface area (Å²) in [6, 6.07) is 4.80. The third-order valence-electron chi connectivity index (χ3n) is 5.69. The first-order chi connectivity index (χ1) is 16.3. The Kier molecular flexibility index (Phi) is 7.87. The molecule has 0 saturated heterocycles. The van der Waals surface area contributed by atoms with E-state index in [9.17, 15) is 24.1 Å². The smallest absolute Gasteiger partial charge is 0.327 e. The van der Waals surface area contributed by atoms with Gasteiger partial charge in [0.15, 0.2) is 5.75 Å². The van der Waals surface area contributed by atoms with Gasteiger partial charge in [-0.05, 0) is 31.0 Å². The Morgan fingerprint density at radius 2 is 1.68 bits per heavy atom. The van der Waals surface area contributed by atoms with E-state index < -0.39 is 22.3 Å². The molecular formula is C23H26FN3O7. The zero-order chi connectivity index (χ0) is 24.8. The molecular weight excluding hydrogens is 449 g/mol. The van der Waals surface area contributed by atoms with Crippen LogP contribution in [0.1, 0.15) is 42.5 Å². The fourth-order valence-electron chi connectivity index (χ4n) is 3.99. The molecule has 10 nitrogen and oxygen atoms in total. The molecule has 1 fully saturated rings.